The van der Waals surface area contributed by atoms with Crippen molar-refractivity contribution in [1.82, 2.24) is 25.8 Å². The molecular formula is C34H39FN6O4. The Hall–Kier alpha value is -4.28. The van der Waals surface area contributed by atoms with Gasteiger partial charge in [0.05, 0.1) is 11.6 Å². The third-order valence-corrected chi connectivity index (χ3v) is 10.2. The first kappa shape index (κ1) is 29.4. The number of carbonyl (C=O) groups is 3. The number of hydrogen-bond acceptors (Lipinski definition) is 6. The lowest BCUT2D eigenvalue weighted by molar-refractivity contribution is -0.119. The van der Waals surface area contributed by atoms with Crippen LogP contribution < -0.4 is 16.0 Å². The first-order chi connectivity index (χ1) is 21.6. The topological polar surface area (TPSA) is 129 Å². The Labute approximate surface area is 261 Å². The van der Waals surface area contributed by atoms with Gasteiger partial charge in [-0.1, -0.05) is 37.2 Å². The molecule has 3 fully saturated rings. The highest BCUT2D eigenvalue weighted by molar-refractivity contribution is 6.01. The van der Waals surface area contributed by atoms with Gasteiger partial charge in [-0.2, -0.15) is 0 Å². The van der Waals surface area contributed by atoms with Gasteiger partial charge in [0.1, 0.15) is 17.6 Å². The molecule has 4 amide bonds. The summed E-state index contributed by atoms with van der Waals surface area (Å²) >= 11 is 0. The maximum atomic E-state index is 14.0. The molecule has 236 valence electrons. The minimum atomic E-state index is -0.721. The molecule has 2 heterocycles. The zero-order valence-corrected chi connectivity index (χ0v) is 25.8. The van der Waals surface area contributed by atoms with Gasteiger partial charge in [0.15, 0.2) is 5.69 Å². The lowest BCUT2D eigenvalue weighted by Crippen LogP contribution is -2.50. The predicted molar refractivity (Wildman–Crippen MR) is 164 cm³/mol. The van der Waals surface area contributed by atoms with Crippen molar-refractivity contribution in [3.8, 4) is 0 Å². The molecule has 0 radical (unpaired) electrons. The van der Waals surface area contributed by atoms with Gasteiger partial charge in [0, 0.05) is 25.1 Å². The molecule has 4 aliphatic rings. The number of halogens is 1. The number of aryl methyl sites for hydroxylation is 1. The van der Waals surface area contributed by atoms with Gasteiger partial charge >= 0.3 is 6.03 Å². The van der Waals surface area contributed by atoms with Crippen molar-refractivity contribution >= 4 is 23.5 Å². The number of benzene rings is 2. The van der Waals surface area contributed by atoms with Gasteiger partial charge in [-0.25, -0.2) is 13.8 Å². The summed E-state index contributed by atoms with van der Waals surface area (Å²) in [5, 5.41) is 16.7. The fourth-order valence-electron chi connectivity index (χ4n) is 7.45. The summed E-state index contributed by atoms with van der Waals surface area (Å²) in [7, 11) is 0. The van der Waals surface area contributed by atoms with Crippen molar-refractivity contribution in [2.24, 2.45) is 23.7 Å². The average Bonchev–Trinajstić information content (AvgIpc) is 3.91. The molecule has 45 heavy (non-hydrogen) atoms. The van der Waals surface area contributed by atoms with Crippen LogP contribution in [0.15, 0.2) is 47.1 Å². The number of aromatic nitrogens is 2. The molecule has 2 aromatic carbocycles. The summed E-state index contributed by atoms with van der Waals surface area (Å²) in [5.41, 5.74) is 3.37. The number of nitrogens with zero attached hydrogens (tertiary/aromatic N) is 3. The molecule has 2 saturated carbocycles. The molecule has 3 aromatic rings. The zero-order valence-electron chi connectivity index (χ0n) is 25.8. The monoisotopic (exact) mass is 614 g/mol. The summed E-state index contributed by atoms with van der Waals surface area (Å²) in [6.45, 7) is 6.38. The number of fused-ring (bicyclic) bond motifs is 1. The van der Waals surface area contributed by atoms with Crippen LogP contribution in [0.3, 0.4) is 0 Å². The Morgan fingerprint density at radius 2 is 1.71 bits per heavy atom. The molecule has 3 aliphatic carbocycles. The van der Waals surface area contributed by atoms with Crippen LogP contribution in [-0.2, 0) is 23.2 Å². The van der Waals surface area contributed by atoms with Crippen LogP contribution in [0.1, 0.15) is 72.4 Å². The van der Waals surface area contributed by atoms with Crippen molar-refractivity contribution in [2.75, 3.05) is 11.9 Å². The molecule has 11 heteroatoms. The molecule has 3 N–H and O–H groups in total. The number of amides is 4. The van der Waals surface area contributed by atoms with Crippen LogP contribution in [0.2, 0.25) is 0 Å². The maximum Gasteiger partial charge on any atom is 0.318 e. The number of carbonyl (C=O) groups excluding carboxylic acids is 3. The van der Waals surface area contributed by atoms with E-state index in [1.165, 1.54) is 12.1 Å². The van der Waals surface area contributed by atoms with E-state index in [1.807, 2.05) is 23.1 Å². The second kappa shape index (κ2) is 11.3. The summed E-state index contributed by atoms with van der Waals surface area (Å²) < 4.78 is 18.7. The van der Waals surface area contributed by atoms with E-state index in [2.05, 4.69) is 40.1 Å². The van der Waals surface area contributed by atoms with E-state index in [1.54, 1.807) is 19.1 Å². The molecule has 1 unspecified atom stereocenters. The summed E-state index contributed by atoms with van der Waals surface area (Å²) in [4.78, 5) is 42.4. The van der Waals surface area contributed by atoms with Crippen LogP contribution in [0.4, 0.5) is 14.9 Å². The smallest absolute Gasteiger partial charge is 0.318 e. The number of hydrogen-bond donors (Lipinski definition) is 3. The molecule has 1 saturated heterocycles. The van der Waals surface area contributed by atoms with Gasteiger partial charge < -0.3 is 20.9 Å². The molecular weight excluding hydrogens is 575 g/mol. The summed E-state index contributed by atoms with van der Waals surface area (Å²) in [6.07, 6.45) is 5.32. The molecule has 1 aromatic heterocycles. The predicted octanol–water partition coefficient (Wildman–Crippen LogP) is 4.73. The number of nitrogens with one attached hydrogen (secondary N) is 3. The Kier molecular flexibility index (Phi) is 7.37. The molecule has 7 rings (SSSR count). The average molecular weight is 615 g/mol. The van der Waals surface area contributed by atoms with Crippen molar-refractivity contribution < 1.29 is 23.4 Å². The first-order valence-electron chi connectivity index (χ1n) is 16.0. The van der Waals surface area contributed by atoms with E-state index < -0.39 is 17.5 Å². The Balaban J connectivity index is 1.16. The second-order valence-corrected chi connectivity index (χ2v) is 13.7. The van der Waals surface area contributed by atoms with Gasteiger partial charge in [-0.05, 0) is 102 Å². The first-order valence-corrected chi connectivity index (χ1v) is 16.0. The zero-order chi connectivity index (χ0) is 31.5. The van der Waals surface area contributed by atoms with E-state index in [4.69, 9.17) is 4.63 Å². The number of rotatable bonds is 10. The molecule has 0 spiro atoms. The Morgan fingerprint density at radius 3 is 2.31 bits per heavy atom. The molecule has 10 nitrogen and oxygen atoms in total. The minimum absolute atomic E-state index is 0.0169. The van der Waals surface area contributed by atoms with E-state index >= 15 is 0 Å². The summed E-state index contributed by atoms with van der Waals surface area (Å²) in [6, 6.07) is 11.5. The Bertz CT molecular complexity index is 1620. The van der Waals surface area contributed by atoms with Gasteiger partial charge in [-0.3, -0.25) is 9.59 Å². The highest BCUT2D eigenvalue weighted by Crippen LogP contribution is 2.51. The third kappa shape index (κ3) is 5.57. The SMILES string of the molecule is Cc1nonc1C(=O)N[C@H](C(=O)Nc1ccc2c(c1)CC(c1ccc(F)cc1)(N1C[C@@H](C(C)C)NC1=O)C2)C(C1CC1)C1CC1. The van der Waals surface area contributed by atoms with E-state index in [0.29, 0.717) is 42.6 Å². The normalized spacial score (nSPS) is 23.3. The van der Waals surface area contributed by atoms with Gasteiger partial charge in [-0.15, -0.1) is 0 Å². The third-order valence-electron chi connectivity index (χ3n) is 10.2. The number of anilines is 1. The van der Waals surface area contributed by atoms with Crippen LogP contribution >= 0.6 is 0 Å². The fraction of sp³-hybridized carbons (Fsp3) is 0.500. The van der Waals surface area contributed by atoms with E-state index in [-0.39, 0.29) is 41.3 Å². The van der Waals surface area contributed by atoms with Gasteiger partial charge in [0.2, 0.25) is 5.91 Å². The van der Waals surface area contributed by atoms with E-state index in [0.717, 1.165) is 42.4 Å². The number of urea groups is 1. The largest absolute Gasteiger partial charge is 0.338 e. The van der Waals surface area contributed by atoms with Gasteiger partial charge in [0.25, 0.3) is 5.91 Å². The second-order valence-electron chi connectivity index (χ2n) is 13.7. The maximum absolute atomic E-state index is 14.0. The van der Waals surface area contributed by atoms with Crippen LogP contribution in [-0.4, -0.2) is 51.7 Å². The highest BCUT2D eigenvalue weighted by atomic mass is 19.1. The molecule has 3 atom stereocenters. The highest BCUT2D eigenvalue weighted by Gasteiger charge is 2.51. The molecule has 1 aliphatic heterocycles. The fourth-order valence-corrected chi connectivity index (χ4v) is 7.45. The lowest BCUT2D eigenvalue weighted by atomic mass is 9.84. The minimum Gasteiger partial charge on any atom is -0.338 e. The van der Waals surface area contributed by atoms with Crippen molar-refractivity contribution in [3.05, 3.63) is 76.4 Å². The Morgan fingerprint density at radius 1 is 1.02 bits per heavy atom. The quantitative estimate of drug-likeness (QED) is 0.303. The molecule has 0 bridgehead atoms. The van der Waals surface area contributed by atoms with Crippen LogP contribution in [0.25, 0.3) is 0 Å². The van der Waals surface area contributed by atoms with Crippen LogP contribution in [0.5, 0.6) is 0 Å². The van der Waals surface area contributed by atoms with Crippen molar-refractivity contribution in [1.29, 1.82) is 0 Å². The van der Waals surface area contributed by atoms with Crippen molar-refractivity contribution in [3.63, 3.8) is 0 Å². The van der Waals surface area contributed by atoms with E-state index in [9.17, 15) is 18.8 Å². The van der Waals surface area contributed by atoms with Crippen LogP contribution in [0, 0.1) is 36.4 Å². The summed E-state index contributed by atoms with van der Waals surface area (Å²) in [5.74, 6) is 0.0719. The van der Waals surface area contributed by atoms with Crippen molar-refractivity contribution in [2.45, 2.75) is 76.9 Å². The standard InChI is InChI=1S/C34H39FN6O4/c1-18(2)27-17-41(33(44)37-27)34(24-9-11-25(35)12-10-24)15-22-8-13-26(14-23(22)16-34)36-32(43)30(28(20-4-5-20)21-6-7-21)38-31(42)29-19(3)39-45-40-29/h8-14,18,20-21,27-28,30H,4-7,15-17H2,1-3H3,(H,36,43)(H,37,44)(H,38,42)/t27-,30-,34?/m0/s1. The lowest BCUT2D eigenvalue weighted by Gasteiger charge is -2.39.